The van der Waals surface area contributed by atoms with Gasteiger partial charge in [-0.3, -0.25) is 15.6 Å². The second-order valence-electron chi connectivity index (χ2n) is 6.55. The molecule has 1 saturated carbocycles. The summed E-state index contributed by atoms with van der Waals surface area (Å²) in [5.41, 5.74) is 12.7. The molecule has 0 radical (unpaired) electrons. The van der Waals surface area contributed by atoms with Crippen molar-refractivity contribution < 1.29 is 4.79 Å². The fourth-order valence-corrected chi connectivity index (χ4v) is 4.00. The van der Waals surface area contributed by atoms with Crippen molar-refractivity contribution in [2.24, 2.45) is 0 Å². The lowest BCUT2D eigenvalue weighted by molar-refractivity contribution is 0.0492. The quantitative estimate of drug-likeness (QED) is 0.590. The van der Waals surface area contributed by atoms with Crippen LogP contribution in [-0.2, 0) is 0 Å². The predicted molar refractivity (Wildman–Crippen MR) is 81.2 cm³/mol. The lowest BCUT2D eigenvalue weighted by Gasteiger charge is -2.55. The highest BCUT2D eigenvalue weighted by atomic mass is 16.2. The summed E-state index contributed by atoms with van der Waals surface area (Å²) in [6.07, 6.45) is 3.97. The minimum absolute atomic E-state index is 0.00848. The topological polar surface area (TPSA) is 71.7 Å². The maximum atomic E-state index is 12.6. The van der Waals surface area contributed by atoms with Crippen LogP contribution in [-0.4, -0.2) is 30.2 Å². The molecule has 4 N–H and O–H groups in total. The van der Waals surface area contributed by atoms with Crippen LogP contribution in [0.3, 0.4) is 0 Å². The van der Waals surface area contributed by atoms with Gasteiger partial charge in [-0.15, -0.1) is 5.12 Å². The van der Waals surface area contributed by atoms with Gasteiger partial charge < -0.3 is 10.7 Å². The van der Waals surface area contributed by atoms with Gasteiger partial charge in [0.05, 0.1) is 17.5 Å². The molecule has 1 saturated heterocycles. The Morgan fingerprint density at radius 1 is 1.32 bits per heavy atom. The third kappa shape index (κ3) is 1.48. The first-order valence-corrected chi connectivity index (χ1v) is 7.61. The fourth-order valence-electron chi connectivity index (χ4n) is 4.00. The van der Waals surface area contributed by atoms with Crippen molar-refractivity contribution in [1.29, 1.82) is 0 Å². The summed E-state index contributed by atoms with van der Waals surface area (Å²) in [6, 6.07) is 6.15. The SMILES string of the molecule is CN1NC=C2NC(=O)c3c(C4CC5(CNN5)C4)cccc3N21. The Balaban J connectivity index is 1.56. The van der Waals surface area contributed by atoms with E-state index < -0.39 is 0 Å². The molecule has 0 bridgehead atoms. The van der Waals surface area contributed by atoms with E-state index in [4.69, 9.17) is 0 Å². The van der Waals surface area contributed by atoms with E-state index in [9.17, 15) is 4.79 Å². The second-order valence-corrected chi connectivity index (χ2v) is 6.55. The summed E-state index contributed by atoms with van der Waals surface area (Å²) >= 11 is 0. The number of hydrazine groups is 3. The number of amides is 1. The molecule has 22 heavy (non-hydrogen) atoms. The average molecular weight is 298 g/mol. The minimum Gasteiger partial charge on any atom is -0.305 e. The van der Waals surface area contributed by atoms with E-state index in [0.717, 1.165) is 42.0 Å². The summed E-state index contributed by atoms with van der Waals surface area (Å²) in [7, 11) is 1.93. The van der Waals surface area contributed by atoms with Crippen LogP contribution in [0.2, 0.25) is 0 Å². The van der Waals surface area contributed by atoms with E-state index in [1.54, 1.807) is 6.20 Å². The number of anilines is 1. The number of hydrogen-bond acceptors (Lipinski definition) is 6. The average Bonchev–Trinajstić information content (AvgIpc) is 2.77. The van der Waals surface area contributed by atoms with Crippen molar-refractivity contribution in [2.75, 3.05) is 18.6 Å². The van der Waals surface area contributed by atoms with Crippen LogP contribution in [0.1, 0.15) is 34.7 Å². The van der Waals surface area contributed by atoms with Gasteiger partial charge in [0, 0.05) is 19.1 Å². The Labute approximate surface area is 128 Å². The molecule has 0 unspecified atom stereocenters. The first-order chi connectivity index (χ1) is 10.7. The van der Waals surface area contributed by atoms with Gasteiger partial charge in [0.15, 0.2) is 0 Å². The summed E-state index contributed by atoms with van der Waals surface area (Å²) in [4.78, 5) is 12.6. The van der Waals surface area contributed by atoms with E-state index in [2.05, 4.69) is 27.7 Å². The van der Waals surface area contributed by atoms with Crippen LogP contribution < -0.4 is 26.6 Å². The van der Waals surface area contributed by atoms with Crippen molar-refractivity contribution >= 4 is 11.6 Å². The zero-order chi connectivity index (χ0) is 14.9. The van der Waals surface area contributed by atoms with Crippen molar-refractivity contribution in [3.05, 3.63) is 41.3 Å². The summed E-state index contributed by atoms with van der Waals surface area (Å²) in [6.45, 7) is 1.02. The lowest BCUT2D eigenvalue weighted by Crippen LogP contribution is -2.74. The van der Waals surface area contributed by atoms with Gasteiger partial charge in [-0.25, -0.2) is 5.01 Å². The van der Waals surface area contributed by atoms with Crippen LogP contribution in [0.15, 0.2) is 30.2 Å². The number of rotatable bonds is 1. The van der Waals surface area contributed by atoms with E-state index >= 15 is 0 Å². The third-order valence-corrected chi connectivity index (χ3v) is 5.18. The predicted octanol–water partition coefficient (Wildman–Crippen LogP) is 0.124. The van der Waals surface area contributed by atoms with E-state index in [0.29, 0.717) is 5.92 Å². The summed E-state index contributed by atoms with van der Waals surface area (Å²) in [5, 5.41) is 6.84. The highest BCUT2D eigenvalue weighted by Gasteiger charge is 2.50. The van der Waals surface area contributed by atoms with Gasteiger partial charge >= 0.3 is 0 Å². The zero-order valence-corrected chi connectivity index (χ0v) is 12.3. The molecule has 1 aromatic carbocycles. The molecule has 114 valence electrons. The first-order valence-electron chi connectivity index (χ1n) is 7.61. The summed E-state index contributed by atoms with van der Waals surface area (Å²) in [5.74, 6) is 1.21. The first kappa shape index (κ1) is 12.5. The number of fused-ring (bicyclic) bond motifs is 3. The van der Waals surface area contributed by atoms with Gasteiger partial charge in [-0.1, -0.05) is 12.1 Å². The van der Waals surface area contributed by atoms with E-state index in [1.165, 1.54) is 0 Å². The Morgan fingerprint density at radius 3 is 2.86 bits per heavy atom. The maximum absolute atomic E-state index is 12.6. The van der Waals surface area contributed by atoms with Crippen LogP contribution >= 0.6 is 0 Å². The van der Waals surface area contributed by atoms with Gasteiger partial charge in [-0.2, -0.15) is 0 Å². The van der Waals surface area contributed by atoms with Crippen molar-refractivity contribution in [3.8, 4) is 0 Å². The Kier molecular flexibility index (Phi) is 2.27. The van der Waals surface area contributed by atoms with E-state index in [1.807, 2.05) is 29.3 Å². The standard InChI is InChI=1S/C15H18N6O/c1-20-17-7-12-18-14(22)13-10(3-2-4-11(13)21(12)20)9-5-15(6-9)8-16-19-15/h2-4,7,9,16-17,19H,5-6,8H2,1H3,(H,18,22). The van der Waals surface area contributed by atoms with Crippen molar-refractivity contribution in [1.82, 2.24) is 26.7 Å². The minimum atomic E-state index is -0.00848. The number of hydrogen-bond donors (Lipinski definition) is 4. The molecule has 1 amide bonds. The zero-order valence-electron chi connectivity index (χ0n) is 12.3. The molecule has 4 aliphatic rings. The number of nitrogens with one attached hydrogen (secondary N) is 4. The highest BCUT2D eigenvalue weighted by molar-refractivity contribution is 6.05. The van der Waals surface area contributed by atoms with Crippen LogP contribution in [0.5, 0.6) is 0 Å². The van der Waals surface area contributed by atoms with Crippen LogP contribution in [0.25, 0.3) is 0 Å². The Bertz CT molecular complexity index is 702. The molecule has 7 nitrogen and oxygen atoms in total. The highest BCUT2D eigenvalue weighted by Crippen LogP contribution is 2.48. The van der Waals surface area contributed by atoms with E-state index in [-0.39, 0.29) is 11.4 Å². The lowest BCUT2D eigenvalue weighted by atomic mass is 9.63. The largest absolute Gasteiger partial charge is 0.305 e. The van der Waals surface area contributed by atoms with Gasteiger partial charge in [0.2, 0.25) is 0 Å². The molecule has 5 rings (SSSR count). The molecule has 1 aliphatic carbocycles. The summed E-state index contributed by atoms with van der Waals surface area (Å²) < 4.78 is 0. The van der Waals surface area contributed by atoms with Crippen LogP contribution in [0.4, 0.5) is 5.69 Å². The second kappa shape index (κ2) is 4.01. The molecule has 3 heterocycles. The molecule has 0 aromatic heterocycles. The molecule has 3 aliphatic heterocycles. The van der Waals surface area contributed by atoms with Gasteiger partial charge in [-0.05, 0) is 30.4 Å². The number of benzene rings is 1. The third-order valence-electron chi connectivity index (χ3n) is 5.18. The molecule has 1 spiro atoms. The fraction of sp³-hybridized carbons (Fsp3) is 0.400. The number of carbonyl (C=O) groups excluding carboxylic acids is 1. The molecular weight excluding hydrogens is 280 g/mol. The molecule has 2 fully saturated rings. The molecular formula is C15H18N6O. The Morgan fingerprint density at radius 2 is 2.14 bits per heavy atom. The Hall–Kier alpha value is -2.09. The number of carbonyl (C=O) groups is 1. The monoisotopic (exact) mass is 298 g/mol. The maximum Gasteiger partial charge on any atom is 0.259 e. The smallest absolute Gasteiger partial charge is 0.259 e. The van der Waals surface area contributed by atoms with Gasteiger partial charge in [0.25, 0.3) is 5.91 Å². The molecule has 0 atom stereocenters. The molecule has 7 heteroatoms. The molecule has 1 aromatic rings. The van der Waals surface area contributed by atoms with Gasteiger partial charge in [0.1, 0.15) is 5.82 Å². The van der Waals surface area contributed by atoms with Crippen molar-refractivity contribution in [2.45, 2.75) is 24.3 Å². The normalized spacial score (nSPS) is 32.4. The van der Waals surface area contributed by atoms with Crippen LogP contribution in [0, 0.1) is 0 Å². The number of nitrogens with zero attached hydrogens (tertiary/aromatic N) is 2. The van der Waals surface area contributed by atoms with Crippen molar-refractivity contribution in [3.63, 3.8) is 0 Å².